The molecule has 1 aromatic heterocycles. The minimum absolute atomic E-state index is 0.118. The molecule has 21 heavy (non-hydrogen) atoms. The van der Waals surface area contributed by atoms with Crippen LogP contribution in [-0.4, -0.2) is 35.5 Å². The average molecular weight is 289 g/mol. The minimum atomic E-state index is 0.118. The Balaban J connectivity index is 1.60. The second-order valence-corrected chi connectivity index (χ2v) is 5.95. The van der Waals surface area contributed by atoms with Gasteiger partial charge in [0.15, 0.2) is 0 Å². The maximum atomic E-state index is 11.7. The first-order valence-corrected chi connectivity index (χ1v) is 7.77. The van der Waals surface area contributed by atoms with Crippen LogP contribution >= 0.6 is 0 Å². The van der Waals surface area contributed by atoms with Gasteiger partial charge < -0.3 is 16.0 Å². The standard InChI is InChI=1S/C15H23N5O/c1-9-13(16-2)19-15(10-3-4-10)20-14(9)17-8-7-12(21)18-11-5-6-11/h10-11H,3-8H2,1-2H3,(H,18,21)(H2,16,17,19,20). The lowest BCUT2D eigenvalue weighted by molar-refractivity contribution is -0.120. The number of nitrogens with zero attached hydrogens (tertiary/aromatic N) is 2. The van der Waals surface area contributed by atoms with Gasteiger partial charge in [-0.15, -0.1) is 0 Å². The third kappa shape index (κ3) is 3.62. The Bertz CT molecular complexity index is 537. The molecule has 1 amide bonds. The van der Waals surface area contributed by atoms with Crippen molar-refractivity contribution in [2.75, 3.05) is 24.2 Å². The number of hydrogen-bond donors (Lipinski definition) is 3. The van der Waals surface area contributed by atoms with Gasteiger partial charge >= 0.3 is 0 Å². The summed E-state index contributed by atoms with van der Waals surface area (Å²) in [5.41, 5.74) is 1.00. The molecule has 0 aliphatic heterocycles. The second-order valence-electron chi connectivity index (χ2n) is 5.95. The zero-order chi connectivity index (χ0) is 14.8. The number of amides is 1. The molecule has 0 radical (unpaired) electrons. The van der Waals surface area contributed by atoms with Crippen molar-refractivity contribution in [3.05, 3.63) is 11.4 Å². The van der Waals surface area contributed by atoms with E-state index in [1.165, 1.54) is 12.8 Å². The normalized spacial score (nSPS) is 17.4. The van der Waals surface area contributed by atoms with E-state index in [4.69, 9.17) is 0 Å². The highest BCUT2D eigenvalue weighted by atomic mass is 16.1. The van der Waals surface area contributed by atoms with Crippen molar-refractivity contribution in [3.8, 4) is 0 Å². The molecule has 0 saturated heterocycles. The molecule has 0 bridgehead atoms. The Morgan fingerprint density at radius 1 is 1.19 bits per heavy atom. The van der Waals surface area contributed by atoms with Crippen LogP contribution in [-0.2, 0) is 4.79 Å². The Hall–Kier alpha value is -1.85. The predicted molar refractivity (Wildman–Crippen MR) is 82.6 cm³/mol. The lowest BCUT2D eigenvalue weighted by Crippen LogP contribution is -2.27. The van der Waals surface area contributed by atoms with E-state index in [2.05, 4.69) is 25.9 Å². The van der Waals surface area contributed by atoms with Crippen LogP contribution in [0.25, 0.3) is 0 Å². The number of anilines is 2. The molecule has 6 nitrogen and oxygen atoms in total. The Labute approximate surface area is 125 Å². The Morgan fingerprint density at radius 3 is 2.52 bits per heavy atom. The number of nitrogens with one attached hydrogen (secondary N) is 3. The zero-order valence-corrected chi connectivity index (χ0v) is 12.7. The molecule has 1 aromatic rings. The summed E-state index contributed by atoms with van der Waals surface area (Å²) in [6.07, 6.45) is 5.08. The summed E-state index contributed by atoms with van der Waals surface area (Å²) >= 11 is 0. The molecule has 114 valence electrons. The summed E-state index contributed by atoms with van der Waals surface area (Å²) in [6, 6.07) is 0.427. The number of rotatable bonds is 7. The van der Waals surface area contributed by atoms with Crippen LogP contribution in [0.5, 0.6) is 0 Å². The third-order valence-electron chi connectivity index (χ3n) is 3.93. The molecule has 6 heteroatoms. The zero-order valence-electron chi connectivity index (χ0n) is 12.7. The number of aromatic nitrogens is 2. The van der Waals surface area contributed by atoms with Crippen molar-refractivity contribution >= 4 is 17.5 Å². The van der Waals surface area contributed by atoms with Crippen LogP contribution in [0.2, 0.25) is 0 Å². The molecule has 0 aromatic carbocycles. The lowest BCUT2D eigenvalue weighted by Gasteiger charge is -2.13. The first kappa shape index (κ1) is 14.1. The molecule has 2 saturated carbocycles. The molecule has 2 aliphatic carbocycles. The summed E-state index contributed by atoms with van der Waals surface area (Å²) in [7, 11) is 1.87. The van der Waals surface area contributed by atoms with Gasteiger partial charge in [-0.2, -0.15) is 0 Å². The van der Waals surface area contributed by atoms with Crippen molar-refractivity contribution in [2.45, 2.75) is 51.0 Å². The van der Waals surface area contributed by atoms with E-state index >= 15 is 0 Å². The fourth-order valence-electron chi connectivity index (χ4n) is 2.30. The maximum absolute atomic E-state index is 11.7. The van der Waals surface area contributed by atoms with E-state index in [0.717, 1.165) is 35.9 Å². The number of carbonyl (C=O) groups excluding carboxylic acids is 1. The lowest BCUT2D eigenvalue weighted by atomic mass is 10.2. The topological polar surface area (TPSA) is 78.9 Å². The average Bonchev–Trinajstić information content (AvgIpc) is 3.34. The highest BCUT2D eigenvalue weighted by Gasteiger charge is 2.28. The van der Waals surface area contributed by atoms with Gasteiger partial charge in [0.1, 0.15) is 17.5 Å². The van der Waals surface area contributed by atoms with Gasteiger partial charge in [-0.3, -0.25) is 4.79 Å². The fourth-order valence-corrected chi connectivity index (χ4v) is 2.30. The van der Waals surface area contributed by atoms with Crippen molar-refractivity contribution < 1.29 is 4.79 Å². The van der Waals surface area contributed by atoms with Crippen LogP contribution in [0.1, 0.15) is 49.4 Å². The molecule has 0 atom stereocenters. The quantitative estimate of drug-likeness (QED) is 0.713. The molecule has 0 unspecified atom stereocenters. The van der Waals surface area contributed by atoms with E-state index in [9.17, 15) is 4.79 Å². The van der Waals surface area contributed by atoms with Gasteiger partial charge in [0.25, 0.3) is 0 Å². The van der Waals surface area contributed by atoms with Gasteiger partial charge in [0, 0.05) is 37.5 Å². The molecule has 3 rings (SSSR count). The van der Waals surface area contributed by atoms with E-state index in [1.807, 2.05) is 14.0 Å². The van der Waals surface area contributed by atoms with Crippen LogP contribution in [0.3, 0.4) is 0 Å². The van der Waals surface area contributed by atoms with E-state index < -0.39 is 0 Å². The van der Waals surface area contributed by atoms with Crippen LogP contribution in [0, 0.1) is 6.92 Å². The third-order valence-corrected chi connectivity index (χ3v) is 3.93. The summed E-state index contributed by atoms with van der Waals surface area (Å²) < 4.78 is 0. The Kier molecular flexibility index (Phi) is 3.94. The summed E-state index contributed by atoms with van der Waals surface area (Å²) in [5, 5.41) is 9.40. The minimum Gasteiger partial charge on any atom is -0.373 e. The molecular formula is C15H23N5O. The van der Waals surface area contributed by atoms with Crippen molar-refractivity contribution in [1.29, 1.82) is 0 Å². The SMILES string of the molecule is CNc1nc(C2CC2)nc(NCCC(=O)NC2CC2)c1C. The fraction of sp³-hybridized carbons (Fsp3) is 0.667. The van der Waals surface area contributed by atoms with Crippen LogP contribution < -0.4 is 16.0 Å². The largest absolute Gasteiger partial charge is 0.373 e. The van der Waals surface area contributed by atoms with Gasteiger partial charge in [0.05, 0.1) is 0 Å². The molecule has 3 N–H and O–H groups in total. The number of carbonyl (C=O) groups is 1. The first-order valence-electron chi connectivity index (χ1n) is 7.77. The Morgan fingerprint density at radius 2 is 1.90 bits per heavy atom. The van der Waals surface area contributed by atoms with Crippen molar-refractivity contribution in [3.63, 3.8) is 0 Å². The smallest absolute Gasteiger partial charge is 0.221 e. The van der Waals surface area contributed by atoms with E-state index in [-0.39, 0.29) is 5.91 Å². The summed E-state index contributed by atoms with van der Waals surface area (Å²) in [6.45, 7) is 2.60. The first-order chi connectivity index (χ1) is 10.2. The molecule has 2 aliphatic rings. The summed E-state index contributed by atoms with van der Waals surface area (Å²) in [4.78, 5) is 20.9. The highest BCUT2D eigenvalue weighted by Crippen LogP contribution is 2.39. The van der Waals surface area contributed by atoms with E-state index in [1.54, 1.807) is 0 Å². The molecule has 1 heterocycles. The van der Waals surface area contributed by atoms with Crippen LogP contribution in [0.15, 0.2) is 0 Å². The highest BCUT2D eigenvalue weighted by molar-refractivity contribution is 5.77. The predicted octanol–water partition coefficient (Wildman–Crippen LogP) is 1.78. The van der Waals surface area contributed by atoms with Gasteiger partial charge in [-0.05, 0) is 32.6 Å². The summed E-state index contributed by atoms with van der Waals surface area (Å²) in [5.74, 6) is 3.26. The second kappa shape index (κ2) is 5.87. The van der Waals surface area contributed by atoms with E-state index in [0.29, 0.717) is 24.9 Å². The monoisotopic (exact) mass is 289 g/mol. The molecular weight excluding hydrogens is 266 g/mol. The van der Waals surface area contributed by atoms with Crippen molar-refractivity contribution in [1.82, 2.24) is 15.3 Å². The number of hydrogen-bond acceptors (Lipinski definition) is 5. The van der Waals surface area contributed by atoms with Gasteiger partial charge in [-0.25, -0.2) is 9.97 Å². The van der Waals surface area contributed by atoms with Gasteiger partial charge in [-0.1, -0.05) is 0 Å². The van der Waals surface area contributed by atoms with Crippen molar-refractivity contribution in [2.24, 2.45) is 0 Å². The molecule has 2 fully saturated rings. The van der Waals surface area contributed by atoms with Gasteiger partial charge in [0.2, 0.25) is 5.91 Å². The molecule has 0 spiro atoms. The maximum Gasteiger partial charge on any atom is 0.221 e. The van der Waals surface area contributed by atoms with Crippen LogP contribution in [0.4, 0.5) is 11.6 Å².